The highest BCUT2D eigenvalue weighted by Crippen LogP contribution is 2.17. The fraction of sp³-hybridized carbons (Fsp3) is 0.562. The lowest BCUT2D eigenvalue weighted by Gasteiger charge is -2.26. The van der Waals surface area contributed by atoms with Crippen LogP contribution in [0.15, 0.2) is 30.0 Å². The topological polar surface area (TPSA) is 28.2 Å². The van der Waals surface area contributed by atoms with Crippen LogP contribution in [-0.4, -0.2) is 24.6 Å². The molecule has 0 amide bonds. The number of rotatable bonds is 5. The minimum Gasteiger partial charge on any atom is -0.353 e. The second-order valence-electron chi connectivity index (χ2n) is 5.80. The van der Waals surface area contributed by atoms with Crippen LogP contribution in [-0.2, 0) is 6.54 Å². The molecule has 0 spiro atoms. The van der Waals surface area contributed by atoms with Gasteiger partial charge in [-0.15, -0.1) is 0 Å². The monoisotopic (exact) mass is 259 g/mol. The molecule has 104 valence electrons. The molecular formula is C16H25N3. The van der Waals surface area contributed by atoms with E-state index in [9.17, 15) is 0 Å². The summed E-state index contributed by atoms with van der Waals surface area (Å²) in [5.41, 5.74) is 2.75. The number of anilines is 1. The van der Waals surface area contributed by atoms with Gasteiger partial charge in [-0.2, -0.15) is 0 Å². The smallest absolute Gasteiger partial charge is 0.128 e. The van der Waals surface area contributed by atoms with E-state index in [1.54, 1.807) is 0 Å². The molecule has 19 heavy (non-hydrogen) atoms. The van der Waals surface area contributed by atoms with Gasteiger partial charge in [0.15, 0.2) is 0 Å². The zero-order valence-electron chi connectivity index (χ0n) is 12.3. The lowest BCUT2D eigenvalue weighted by Crippen LogP contribution is -2.28. The van der Waals surface area contributed by atoms with E-state index in [4.69, 9.17) is 0 Å². The Morgan fingerprint density at radius 3 is 2.79 bits per heavy atom. The van der Waals surface area contributed by atoms with Crippen molar-refractivity contribution in [3.63, 3.8) is 0 Å². The number of pyridine rings is 1. The normalized spacial score (nSPS) is 15.8. The summed E-state index contributed by atoms with van der Waals surface area (Å²) in [6.45, 7) is 10.7. The van der Waals surface area contributed by atoms with Gasteiger partial charge in [0.1, 0.15) is 5.82 Å². The Kier molecular flexibility index (Phi) is 4.97. The number of nitrogens with one attached hydrogen (secondary N) is 1. The molecule has 0 unspecified atom stereocenters. The third-order valence-corrected chi connectivity index (χ3v) is 3.45. The van der Waals surface area contributed by atoms with Crippen molar-refractivity contribution in [3.8, 4) is 0 Å². The van der Waals surface area contributed by atoms with Crippen LogP contribution in [0, 0.1) is 5.92 Å². The zero-order valence-corrected chi connectivity index (χ0v) is 12.3. The van der Waals surface area contributed by atoms with Crippen LogP contribution < -0.4 is 10.2 Å². The molecule has 1 aliphatic rings. The first-order valence-electron chi connectivity index (χ1n) is 7.21. The Balaban J connectivity index is 1.88. The van der Waals surface area contributed by atoms with Gasteiger partial charge in [0.25, 0.3) is 0 Å². The van der Waals surface area contributed by atoms with Gasteiger partial charge in [0.2, 0.25) is 0 Å². The van der Waals surface area contributed by atoms with Crippen molar-refractivity contribution < 1.29 is 0 Å². The summed E-state index contributed by atoms with van der Waals surface area (Å²) < 4.78 is 0. The maximum Gasteiger partial charge on any atom is 0.128 e. The third-order valence-electron chi connectivity index (χ3n) is 3.45. The second kappa shape index (κ2) is 6.71. The molecule has 1 N–H and O–H groups in total. The fourth-order valence-corrected chi connectivity index (χ4v) is 2.19. The molecule has 1 aromatic rings. The zero-order chi connectivity index (χ0) is 13.7. The summed E-state index contributed by atoms with van der Waals surface area (Å²) in [5.74, 6) is 1.78. The highest BCUT2D eigenvalue weighted by molar-refractivity contribution is 5.41. The number of aromatic nitrogens is 1. The van der Waals surface area contributed by atoms with Crippen LogP contribution in [0.3, 0.4) is 0 Å². The van der Waals surface area contributed by atoms with E-state index in [0.29, 0.717) is 5.92 Å². The predicted octanol–water partition coefficient (Wildman–Crippen LogP) is 2.98. The van der Waals surface area contributed by atoms with Gasteiger partial charge < -0.3 is 10.2 Å². The number of hydrogen-bond acceptors (Lipinski definition) is 3. The van der Waals surface area contributed by atoms with Crippen LogP contribution in [0.1, 0.15) is 32.8 Å². The molecule has 2 heterocycles. The molecular weight excluding hydrogens is 234 g/mol. The van der Waals surface area contributed by atoms with Crippen LogP contribution in [0.2, 0.25) is 0 Å². The summed E-state index contributed by atoms with van der Waals surface area (Å²) in [6.07, 6.45) is 5.44. The molecule has 0 aromatic carbocycles. The molecule has 0 saturated carbocycles. The average Bonchev–Trinajstić information content (AvgIpc) is 2.40. The first-order chi connectivity index (χ1) is 9.15. The number of hydrogen-bond donors (Lipinski definition) is 1. The van der Waals surface area contributed by atoms with Crippen molar-refractivity contribution in [2.45, 2.75) is 33.7 Å². The van der Waals surface area contributed by atoms with Gasteiger partial charge in [-0.1, -0.05) is 31.6 Å². The molecule has 2 rings (SSSR count). The maximum atomic E-state index is 4.58. The van der Waals surface area contributed by atoms with E-state index in [1.807, 2.05) is 6.20 Å². The first-order valence-corrected chi connectivity index (χ1v) is 7.21. The largest absolute Gasteiger partial charge is 0.353 e. The minimum atomic E-state index is 0.690. The SMILES string of the molecule is CC1=CCN(c2ccc(CNCC(C)C)cn2)CC1. The van der Waals surface area contributed by atoms with E-state index in [2.05, 4.69) is 54.2 Å². The average molecular weight is 259 g/mol. The highest BCUT2D eigenvalue weighted by atomic mass is 15.2. The Morgan fingerprint density at radius 1 is 1.37 bits per heavy atom. The van der Waals surface area contributed by atoms with Crippen molar-refractivity contribution in [1.82, 2.24) is 10.3 Å². The molecule has 0 atom stereocenters. The Hall–Kier alpha value is -1.35. The second-order valence-corrected chi connectivity index (χ2v) is 5.80. The van der Waals surface area contributed by atoms with Gasteiger partial charge in [-0.05, 0) is 37.4 Å². The van der Waals surface area contributed by atoms with E-state index < -0.39 is 0 Å². The first kappa shape index (κ1) is 14.1. The van der Waals surface area contributed by atoms with Crippen molar-refractivity contribution in [2.24, 2.45) is 5.92 Å². The molecule has 0 bridgehead atoms. The van der Waals surface area contributed by atoms with E-state index in [1.165, 1.54) is 11.1 Å². The molecule has 0 radical (unpaired) electrons. The van der Waals surface area contributed by atoms with Crippen LogP contribution >= 0.6 is 0 Å². The van der Waals surface area contributed by atoms with Crippen molar-refractivity contribution in [1.29, 1.82) is 0 Å². The molecule has 1 aromatic heterocycles. The van der Waals surface area contributed by atoms with Crippen molar-refractivity contribution in [2.75, 3.05) is 24.5 Å². The van der Waals surface area contributed by atoms with Gasteiger partial charge >= 0.3 is 0 Å². The maximum absolute atomic E-state index is 4.58. The van der Waals surface area contributed by atoms with Gasteiger partial charge in [0.05, 0.1) is 0 Å². The summed E-state index contributed by atoms with van der Waals surface area (Å²) in [5, 5.41) is 3.44. The lowest BCUT2D eigenvalue weighted by molar-refractivity contribution is 0.552. The van der Waals surface area contributed by atoms with E-state index in [0.717, 1.165) is 38.4 Å². The third kappa shape index (κ3) is 4.35. The van der Waals surface area contributed by atoms with Crippen molar-refractivity contribution >= 4 is 5.82 Å². The Labute approximate surface area is 116 Å². The fourth-order valence-electron chi connectivity index (χ4n) is 2.19. The molecule has 0 fully saturated rings. The van der Waals surface area contributed by atoms with E-state index >= 15 is 0 Å². The van der Waals surface area contributed by atoms with Crippen molar-refractivity contribution in [3.05, 3.63) is 35.5 Å². The standard InChI is InChI=1S/C16H25N3/c1-13(2)10-17-11-15-4-5-16(18-12-15)19-8-6-14(3)7-9-19/h4-6,12-13,17H,7-11H2,1-3H3. The van der Waals surface area contributed by atoms with Gasteiger partial charge in [-0.25, -0.2) is 4.98 Å². The summed E-state index contributed by atoms with van der Waals surface area (Å²) in [6, 6.07) is 4.32. The molecule has 0 saturated heterocycles. The molecule has 1 aliphatic heterocycles. The van der Waals surface area contributed by atoms with Gasteiger partial charge in [0, 0.05) is 25.8 Å². The molecule has 3 nitrogen and oxygen atoms in total. The Bertz CT molecular complexity index is 420. The molecule has 3 heteroatoms. The van der Waals surface area contributed by atoms with Crippen LogP contribution in [0.25, 0.3) is 0 Å². The number of nitrogens with zero attached hydrogens (tertiary/aromatic N) is 2. The lowest BCUT2D eigenvalue weighted by atomic mass is 10.1. The molecule has 0 aliphatic carbocycles. The van der Waals surface area contributed by atoms with Crippen LogP contribution in [0.4, 0.5) is 5.82 Å². The van der Waals surface area contributed by atoms with E-state index in [-0.39, 0.29) is 0 Å². The summed E-state index contributed by atoms with van der Waals surface area (Å²) >= 11 is 0. The summed E-state index contributed by atoms with van der Waals surface area (Å²) in [7, 11) is 0. The quantitative estimate of drug-likeness (QED) is 0.824. The predicted molar refractivity (Wildman–Crippen MR) is 81.4 cm³/mol. The van der Waals surface area contributed by atoms with Crippen LogP contribution in [0.5, 0.6) is 0 Å². The summed E-state index contributed by atoms with van der Waals surface area (Å²) in [4.78, 5) is 6.91. The Morgan fingerprint density at radius 2 is 2.21 bits per heavy atom. The van der Waals surface area contributed by atoms with Gasteiger partial charge in [-0.3, -0.25) is 0 Å². The highest BCUT2D eigenvalue weighted by Gasteiger charge is 2.10. The minimum absolute atomic E-state index is 0.690.